The van der Waals surface area contributed by atoms with Gasteiger partial charge in [0.25, 0.3) is 0 Å². The Labute approximate surface area is 261 Å². The Hall–Kier alpha value is -2.84. The molecule has 0 saturated carbocycles. The Balaban J connectivity index is 1.52. The number of halogens is 1. The molecule has 0 N–H and O–H groups in total. The summed E-state index contributed by atoms with van der Waals surface area (Å²) in [5.41, 5.74) is 3.18. The maximum atomic E-state index is 13.2. The van der Waals surface area contributed by atoms with Crippen molar-refractivity contribution in [3.8, 4) is 17.6 Å². The van der Waals surface area contributed by atoms with Crippen molar-refractivity contribution in [3.05, 3.63) is 71.1 Å². The van der Waals surface area contributed by atoms with Gasteiger partial charge in [0.2, 0.25) is 0 Å². The molecule has 1 heterocycles. The molecule has 1 atom stereocenters. The third kappa shape index (κ3) is 11.6. The molecular weight excluding hydrogens is 535 g/mol. The second-order valence-electron chi connectivity index (χ2n) is 12.3. The van der Waals surface area contributed by atoms with Crippen LogP contribution in [0.3, 0.4) is 0 Å². The topological polar surface area (TPSA) is 45.5 Å². The van der Waals surface area contributed by atoms with Gasteiger partial charge in [-0.1, -0.05) is 101 Å². The summed E-state index contributed by atoms with van der Waals surface area (Å²) >= 11 is 0. The minimum absolute atomic E-state index is 0.181. The predicted molar refractivity (Wildman–Crippen MR) is 176 cm³/mol. The standard InChI is InChI=1S/C38H55FN2O2/c1-4-5-6-7-8-9-10-11-12-13-25-38(31-40,34-19-22-36(42-2)37(30-34)43-3)26-14-27-41-28-23-33(24-29-41)16-15-32-17-20-35(39)21-18-32/h16-22,30H,4-15,23-29H2,1-3H3. The zero-order valence-corrected chi connectivity index (χ0v) is 27.1. The van der Waals surface area contributed by atoms with Crippen LogP contribution in [0.15, 0.2) is 54.1 Å². The van der Waals surface area contributed by atoms with Crippen LogP contribution >= 0.6 is 0 Å². The van der Waals surface area contributed by atoms with Crippen LogP contribution in [0.1, 0.15) is 114 Å². The molecule has 236 valence electrons. The SMILES string of the molecule is CCCCCCCCCCCCC(C#N)(CCCN1CCC(=CCc2ccc(F)cc2)CC1)c1ccc(OC)c(OC)c1. The molecular formula is C38H55FN2O2. The van der Waals surface area contributed by atoms with Gasteiger partial charge in [0, 0.05) is 13.1 Å². The lowest BCUT2D eigenvalue weighted by Crippen LogP contribution is -2.33. The summed E-state index contributed by atoms with van der Waals surface area (Å²) in [6.45, 7) is 5.40. The van der Waals surface area contributed by atoms with Gasteiger partial charge in [0.05, 0.1) is 25.7 Å². The third-order valence-corrected chi connectivity index (χ3v) is 9.22. The molecule has 43 heavy (non-hydrogen) atoms. The Morgan fingerprint density at radius 1 is 0.814 bits per heavy atom. The molecule has 0 amide bonds. The summed E-state index contributed by atoms with van der Waals surface area (Å²) in [7, 11) is 3.32. The average molecular weight is 591 g/mol. The molecule has 1 aliphatic rings. The number of benzene rings is 2. The number of nitrogens with zero attached hydrogens (tertiary/aromatic N) is 2. The number of allylic oxidation sites excluding steroid dienone is 1. The molecule has 0 aliphatic carbocycles. The Morgan fingerprint density at radius 2 is 1.42 bits per heavy atom. The molecule has 5 heteroatoms. The zero-order chi connectivity index (χ0) is 30.8. The lowest BCUT2D eigenvalue weighted by atomic mass is 9.74. The van der Waals surface area contributed by atoms with E-state index in [1.807, 2.05) is 24.3 Å². The Bertz CT molecular complexity index is 1130. The molecule has 1 aliphatic heterocycles. The van der Waals surface area contributed by atoms with Crippen molar-refractivity contribution in [1.82, 2.24) is 4.90 Å². The van der Waals surface area contributed by atoms with E-state index in [0.29, 0.717) is 11.5 Å². The second-order valence-corrected chi connectivity index (χ2v) is 12.3. The molecule has 4 nitrogen and oxygen atoms in total. The van der Waals surface area contributed by atoms with E-state index in [1.54, 1.807) is 14.2 Å². The van der Waals surface area contributed by atoms with Crippen LogP contribution in [0.2, 0.25) is 0 Å². The van der Waals surface area contributed by atoms with Crippen LogP contribution in [0.4, 0.5) is 4.39 Å². The van der Waals surface area contributed by atoms with Gasteiger partial charge in [0.1, 0.15) is 5.82 Å². The van der Waals surface area contributed by atoms with E-state index < -0.39 is 5.41 Å². The summed E-state index contributed by atoms with van der Waals surface area (Å²) in [5.74, 6) is 1.21. The molecule has 3 rings (SSSR count). The van der Waals surface area contributed by atoms with E-state index in [9.17, 15) is 9.65 Å². The number of hydrogen-bond acceptors (Lipinski definition) is 4. The number of ether oxygens (including phenoxy) is 2. The van der Waals surface area contributed by atoms with Crippen molar-refractivity contribution in [3.63, 3.8) is 0 Å². The first-order valence-electron chi connectivity index (χ1n) is 16.8. The number of likely N-dealkylation sites (tertiary alicyclic amines) is 1. The first kappa shape index (κ1) is 34.6. The van der Waals surface area contributed by atoms with E-state index in [-0.39, 0.29) is 5.82 Å². The van der Waals surface area contributed by atoms with Gasteiger partial charge in [-0.15, -0.1) is 0 Å². The van der Waals surface area contributed by atoms with Crippen molar-refractivity contribution in [1.29, 1.82) is 5.26 Å². The minimum Gasteiger partial charge on any atom is -0.493 e. The molecule has 1 saturated heterocycles. The van der Waals surface area contributed by atoms with Gasteiger partial charge >= 0.3 is 0 Å². The van der Waals surface area contributed by atoms with E-state index >= 15 is 0 Å². The van der Waals surface area contributed by atoms with Crippen molar-refractivity contribution < 1.29 is 13.9 Å². The Kier molecular flexibility index (Phi) is 15.7. The summed E-state index contributed by atoms with van der Waals surface area (Å²) < 4.78 is 24.3. The maximum absolute atomic E-state index is 13.2. The van der Waals surface area contributed by atoms with Crippen molar-refractivity contribution in [2.45, 2.75) is 115 Å². The number of nitriles is 1. The number of methoxy groups -OCH3 is 2. The molecule has 1 fully saturated rings. The quantitative estimate of drug-likeness (QED) is 0.114. The molecule has 1 unspecified atom stereocenters. The van der Waals surface area contributed by atoms with Crippen LogP contribution < -0.4 is 9.47 Å². The van der Waals surface area contributed by atoms with Gasteiger partial charge in [-0.2, -0.15) is 5.26 Å². The van der Waals surface area contributed by atoms with Crippen molar-refractivity contribution in [2.24, 2.45) is 0 Å². The van der Waals surface area contributed by atoms with Crippen LogP contribution in [-0.4, -0.2) is 38.8 Å². The highest BCUT2D eigenvalue weighted by Gasteiger charge is 2.33. The fourth-order valence-electron chi connectivity index (χ4n) is 6.39. The third-order valence-electron chi connectivity index (χ3n) is 9.22. The number of rotatable bonds is 20. The first-order chi connectivity index (χ1) is 21.0. The van der Waals surface area contributed by atoms with Crippen LogP contribution in [0, 0.1) is 17.1 Å². The molecule has 0 radical (unpaired) electrons. The Morgan fingerprint density at radius 3 is 2.02 bits per heavy atom. The van der Waals surface area contributed by atoms with Gasteiger partial charge in [-0.25, -0.2) is 4.39 Å². The van der Waals surface area contributed by atoms with Gasteiger partial charge in [-0.05, 0) is 80.5 Å². The number of piperidine rings is 1. The highest BCUT2D eigenvalue weighted by Crippen LogP contribution is 2.39. The largest absolute Gasteiger partial charge is 0.493 e. The normalized spacial score (nSPS) is 15.1. The summed E-state index contributed by atoms with van der Waals surface area (Å²) in [6, 6.07) is 15.6. The fraction of sp³-hybridized carbons (Fsp3) is 0.605. The first-order valence-corrected chi connectivity index (χ1v) is 16.8. The monoisotopic (exact) mass is 590 g/mol. The zero-order valence-electron chi connectivity index (χ0n) is 27.1. The smallest absolute Gasteiger partial charge is 0.161 e. The molecule has 2 aromatic carbocycles. The van der Waals surface area contributed by atoms with E-state index in [1.165, 1.54) is 75.5 Å². The number of hydrogen-bond donors (Lipinski definition) is 0. The van der Waals surface area contributed by atoms with Crippen LogP contribution in [0.25, 0.3) is 0 Å². The summed E-state index contributed by atoms with van der Waals surface area (Å²) in [4.78, 5) is 2.55. The summed E-state index contributed by atoms with van der Waals surface area (Å²) in [5, 5.41) is 10.6. The average Bonchev–Trinajstić information content (AvgIpc) is 3.04. The van der Waals surface area contributed by atoms with E-state index in [2.05, 4.69) is 30.0 Å². The van der Waals surface area contributed by atoms with Crippen LogP contribution in [-0.2, 0) is 11.8 Å². The van der Waals surface area contributed by atoms with Gasteiger partial charge in [-0.3, -0.25) is 0 Å². The number of unbranched alkanes of at least 4 members (excludes halogenated alkanes) is 9. The van der Waals surface area contributed by atoms with E-state index in [4.69, 9.17) is 9.47 Å². The molecule has 0 bridgehead atoms. The predicted octanol–water partition coefficient (Wildman–Crippen LogP) is 9.96. The minimum atomic E-state index is -0.518. The lowest BCUT2D eigenvalue weighted by Gasteiger charge is -2.31. The van der Waals surface area contributed by atoms with Gasteiger partial charge < -0.3 is 14.4 Å². The second kappa shape index (κ2) is 19.4. The highest BCUT2D eigenvalue weighted by molar-refractivity contribution is 5.47. The van der Waals surface area contributed by atoms with E-state index in [0.717, 1.165) is 75.7 Å². The highest BCUT2D eigenvalue weighted by atomic mass is 19.1. The molecule has 0 aromatic heterocycles. The van der Waals surface area contributed by atoms with Crippen molar-refractivity contribution in [2.75, 3.05) is 33.9 Å². The van der Waals surface area contributed by atoms with Crippen molar-refractivity contribution >= 4 is 0 Å². The van der Waals surface area contributed by atoms with Crippen LogP contribution in [0.5, 0.6) is 11.5 Å². The lowest BCUT2D eigenvalue weighted by molar-refractivity contribution is 0.243. The maximum Gasteiger partial charge on any atom is 0.161 e. The molecule has 2 aromatic rings. The van der Waals surface area contributed by atoms with Gasteiger partial charge in [0.15, 0.2) is 11.5 Å². The molecule has 0 spiro atoms. The fourth-order valence-corrected chi connectivity index (χ4v) is 6.39. The summed E-state index contributed by atoms with van der Waals surface area (Å²) in [6.07, 6.45) is 21.0.